The minimum atomic E-state index is -0.987. The second kappa shape index (κ2) is 5.45. The third-order valence-corrected chi connectivity index (χ3v) is 3.91. The van der Waals surface area contributed by atoms with Crippen LogP contribution in [0.5, 0.6) is 0 Å². The lowest BCUT2D eigenvalue weighted by atomic mass is 10.2. The summed E-state index contributed by atoms with van der Waals surface area (Å²) in [6.07, 6.45) is 1.57. The lowest BCUT2D eigenvalue weighted by Crippen LogP contribution is -1.99. The summed E-state index contributed by atoms with van der Waals surface area (Å²) in [6, 6.07) is 3.13. The number of pyridine rings is 1. The molecule has 2 aromatic heterocycles. The number of nitrogens with zero attached hydrogens (tertiary/aromatic N) is 3. The molecular weight excluding hydrogens is 270 g/mol. The number of carboxylic acid groups (broad SMARTS) is 1. The van der Waals surface area contributed by atoms with Gasteiger partial charge in [0.2, 0.25) is 0 Å². The van der Waals surface area contributed by atoms with E-state index in [0.29, 0.717) is 9.37 Å². The third-order valence-electron chi connectivity index (χ3n) is 2.13. The highest BCUT2D eigenvalue weighted by Crippen LogP contribution is 2.30. The van der Waals surface area contributed by atoms with Gasteiger partial charge in [0.25, 0.3) is 0 Å². The van der Waals surface area contributed by atoms with Crippen molar-refractivity contribution in [2.45, 2.75) is 29.1 Å². The number of hydrogen-bond donors (Lipinski definition) is 1. The van der Waals surface area contributed by atoms with Crippen LogP contribution in [0.3, 0.4) is 0 Å². The van der Waals surface area contributed by atoms with Crippen molar-refractivity contribution in [1.82, 2.24) is 14.3 Å². The molecule has 5 nitrogen and oxygen atoms in total. The summed E-state index contributed by atoms with van der Waals surface area (Å²) in [5.41, 5.74) is 0.184. The minimum Gasteiger partial charge on any atom is -0.478 e. The average Bonchev–Trinajstić information content (AvgIpc) is 2.78. The maximum absolute atomic E-state index is 11.0. The number of carbonyl (C=O) groups is 1. The van der Waals surface area contributed by atoms with Gasteiger partial charge in [-0.3, -0.25) is 0 Å². The smallest absolute Gasteiger partial charge is 0.338 e. The Morgan fingerprint density at radius 1 is 1.50 bits per heavy atom. The number of hydrogen-bond acceptors (Lipinski definition) is 6. The first-order chi connectivity index (χ1) is 8.58. The zero-order chi connectivity index (χ0) is 13.1. The number of rotatable bonds is 4. The van der Waals surface area contributed by atoms with E-state index in [0.717, 1.165) is 5.82 Å². The van der Waals surface area contributed by atoms with Crippen molar-refractivity contribution in [3.8, 4) is 0 Å². The quantitative estimate of drug-likeness (QED) is 0.928. The highest BCUT2D eigenvalue weighted by molar-refractivity contribution is 8.01. The third kappa shape index (κ3) is 2.85. The van der Waals surface area contributed by atoms with Gasteiger partial charge >= 0.3 is 5.97 Å². The van der Waals surface area contributed by atoms with Crippen molar-refractivity contribution in [3.63, 3.8) is 0 Å². The van der Waals surface area contributed by atoms with Crippen LogP contribution >= 0.6 is 23.3 Å². The largest absolute Gasteiger partial charge is 0.478 e. The van der Waals surface area contributed by atoms with Gasteiger partial charge in [-0.05, 0) is 35.4 Å². The fourth-order valence-corrected chi connectivity index (χ4v) is 2.95. The Hall–Kier alpha value is -1.47. The maximum atomic E-state index is 11.0. The fourth-order valence-electron chi connectivity index (χ4n) is 1.21. The average molecular weight is 281 g/mol. The lowest BCUT2D eigenvalue weighted by Gasteiger charge is -2.00. The van der Waals surface area contributed by atoms with Crippen molar-refractivity contribution in [2.24, 2.45) is 0 Å². The molecule has 2 rings (SSSR count). The lowest BCUT2D eigenvalue weighted by molar-refractivity contribution is 0.0692. The number of aromatic carboxylic acids is 1. The van der Waals surface area contributed by atoms with E-state index in [-0.39, 0.29) is 11.5 Å². The molecular formula is C11H11N3O2S2. The van der Waals surface area contributed by atoms with Gasteiger partial charge in [0.05, 0.1) is 5.56 Å². The zero-order valence-electron chi connectivity index (χ0n) is 9.82. The molecule has 0 aromatic carbocycles. The standard InChI is InChI=1S/C11H11N3O2S2/c1-6(2)8-13-11(18-14-8)17-9-7(10(15)16)4-3-5-12-9/h3-6H,1-2H3,(H,15,16). The zero-order valence-corrected chi connectivity index (χ0v) is 11.5. The van der Waals surface area contributed by atoms with Crippen molar-refractivity contribution >= 4 is 29.3 Å². The molecule has 0 bridgehead atoms. The van der Waals surface area contributed by atoms with Gasteiger partial charge in [0.1, 0.15) is 10.9 Å². The molecule has 2 aromatic rings. The molecule has 0 aliphatic carbocycles. The maximum Gasteiger partial charge on any atom is 0.338 e. The molecule has 0 spiro atoms. The summed E-state index contributed by atoms with van der Waals surface area (Å²) in [4.78, 5) is 19.5. The van der Waals surface area contributed by atoms with Crippen molar-refractivity contribution in [3.05, 3.63) is 29.7 Å². The molecule has 0 atom stereocenters. The Balaban J connectivity index is 2.25. The topological polar surface area (TPSA) is 76.0 Å². The monoisotopic (exact) mass is 281 g/mol. The van der Waals surface area contributed by atoms with Crippen LogP contribution in [0.2, 0.25) is 0 Å². The summed E-state index contributed by atoms with van der Waals surface area (Å²) in [5.74, 6) is 0.0489. The first-order valence-corrected chi connectivity index (χ1v) is 6.86. The van der Waals surface area contributed by atoms with Gasteiger partial charge < -0.3 is 5.11 Å². The molecule has 18 heavy (non-hydrogen) atoms. The molecule has 0 unspecified atom stereocenters. The SMILES string of the molecule is CC(C)c1nsc(Sc2ncccc2C(=O)O)n1. The van der Waals surface area contributed by atoms with Crippen LogP contribution in [0.1, 0.15) is 35.9 Å². The van der Waals surface area contributed by atoms with Crippen molar-refractivity contribution in [1.29, 1.82) is 0 Å². The molecule has 7 heteroatoms. The van der Waals surface area contributed by atoms with Crippen LogP contribution in [-0.4, -0.2) is 25.4 Å². The van der Waals surface area contributed by atoms with E-state index in [1.807, 2.05) is 13.8 Å². The van der Waals surface area contributed by atoms with Crippen molar-refractivity contribution in [2.75, 3.05) is 0 Å². The van der Waals surface area contributed by atoms with E-state index >= 15 is 0 Å². The summed E-state index contributed by atoms with van der Waals surface area (Å²) in [6.45, 7) is 4.03. The summed E-state index contributed by atoms with van der Waals surface area (Å²) in [7, 11) is 0. The fraction of sp³-hybridized carbons (Fsp3) is 0.273. The number of carboxylic acids is 1. The number of aromatic nitrogens is 3. The van der Waals surface area contributed by atoms with Crippen LogP contribution in [0.4, 0.5) is 0 Å². The molecule has 0 amide bonds. The molecule has 2 heterocycles. The predicted molar refractivity (Wildman–Crippen MR) is 69.3 cm³/mol. The summed E-state index contributed by atoms with van der Waals surface area (Å²) < 4.78 is 4.93. The van der Waals surface area contributed by atoms with Crippen LogP contribution in [-0.2, 0) is 0 Å². The van der Waals surface area contributed by atoms with Crippen LogP contribution < -0.4 is 0 Å². The highest BCUT2D eigenvalue weighted by atomic mass is 32.2. The van der Waals surface area contributed by atoms with Gasteiger partial charge in [-0.2, -0.15) is 4.37 Å². The highest BCUT2D eigenvalue weighted by Gasteiger charge is 2.15. The van der Waals surface area contributed by atoms with E-state index < -0.39 is 5.97 Å². The normalized spacial score (nSPS) is 10.8. The van der Waals surface area contributed by atoms with Gasteiger partial charge in [0.15, 0.2) is 4.34 Å². The van der Waals surface area contributed by atoms with Crippen molar-refractivity contribution < 1.29 is 9.90 Å². The second-order valence-electron chi connectivity index (χ2n) is 3.84. The van der Waals surface area contributed by atoms with Crippen LogP contribution in [0, 0.1) is 0 Å². The molecule has 0 fully saturated rings. The molecule has 0 saturated heterocycles. The minimum absolute atomic E-state index is 0.184. The van der Waals surface area contributed by atoms with Gasteiger partial charge in [-0.1, -0.05) is 13.8 Å². The summed E-state index contributed by atoms with van der Waals surface area (Å²) in [5, 5.41) is 9.49. The Labute approximate surface area is 112 Å². The molecule has 0 radical (unpaired) electrons. The Kier molecular flexibility index (Phi) is 3.93. The summed E-state index contributed by atoms with van der Waals surface area (Å²) >= 11 is 2.50. The molecule has 0 aliphatic rings. The van der Waals surface area contributed by atoms with Crippen LogP contribution in [0.15, 0.2) is 27.7 Å². The van der Waals surface area contributed by atoms with E-state index in [1.54, 1.807) is 12.3 Å². The second-order valence-corrected chi connectivity index (χ2v) is 5.82. The first-order valence-electron chi connectivity index (χ1n) is 5.27. The van der Waals surface area contributed by atoms with Gasteiger partial charge in [0, 0.05) is 12.1 Å². The van der Waals surface area contributed by atoms with E-state index in [1.165, 1.54) is 29.4 Å². The predicted octanol–water partition coefficient (Wildman–Crippen LogP) is 2.91. The van der Waals surface area contributed by atoms with Gasteiger partial charge in [-0.15, -0.1) is 0 Å². The Bertz CT molecular complexity index is 569. The van der Waals surface area contributed by atoms with E-state index in [4.69, 9.17) is 5.11 Å². The van der Waals surface area contributed by atoms with Crippen LogP contribution in [0.25, 0.3) is 0 Å². The Morgan fingerprint density at radius 3 is 2.89 bits per heavy atom. The van der Waals surface area contributed by atoms with Gasteiger partial charge in [-0.25, -0.2) is 14.8 Å². The first kappa shape index (κ1) is 13.0. The molecule has 0 saturated carbocycles. The van der Waals surface area contributed by atoms with E-state index in [2.05, 4.69) is 14.3 Å². The Morgan fingerprint density at radius 2 is 2.28 bits per heavy atom. The molecule has 0 aliphatic heterocycles. The molecule has 94 valence electrons. The molecule has 1 N–H and O–H groups in total. The van der Waals surface area contributed by atoms with E-state index in [9.17, 15) is 4.79 Å².